The van der Waals surface area contributed by atoms with Gasteiger partial charge in [0.1, 0.15) is 20.2 Å². The van der Waals surface area contributed by atoms with E-state index in [1.54, 1.807) is 12.1 Å². The van der Waals surface area contributed by atoms with Crippen molar-refractivity contribution in [2.75, 3.05) is 0 Å². The van der Waals surface area contributed by atoms with Gasteiger partial charge < -0.3 is 9.11 Å². The van der Waals surface area contributed by atoms with Gasteiger partial charge in [-0.25, -0.2) is 16.8 Å². The molecule has 0 saturated carbocycles. The number of fused-ring (bicyclic) bond motifs is 2. The second-order valence-corrected chi connectivity index (χ2v) is 18.5. The SMILES string of the molecule is CCCCCCCc1ccc2ccc(S(=O)(=O)[O-])c(CCCCCCC)c2c1.CCCCCCCc1ccc2ccc(S(=O)(=O)[O-])c(CCCCCCC)c2c1.[Ca+2]. The Morgan fingerprint density at radius 2 is 0.667 bits per heavy atom. The van der Waals surface area contributed by atoms with Crippen LogP contribution < -0.4 is 0 Å². The first kappa shape index (κ1) is 51.6. The maximum absolute atomic E-state index is 11.8. The summed E-state index contributed by atoms with van der Waals surface area (Å²) in [4.78, 5) is -0.0637. The summed E-state index contributed by atoms with van der Waals surface area (Å²) in [5.74, 6) is 0. The Kier molecular flexibility index (Phi) is 25.4. The number of aryl methyl sites for hydroxylation is 4. The van der Waals surface area contributed by atoms with E-state index in [9.17, 15) is 25.9 Å². The molecule has 0 N–H and O–H groups in total. The summed E-state index contributed by atoms with van der Waals surface area (Å²) >= 11 is 0. The van der Waals surface area contributed by atoms with Gasteiger partial charge in [-0.15, -0.1) is 0 Å². The first-order valence-corrected chi connectivity index (χ1v) is 24.8. The molecule has 0 aliphatic carbocycles. The molecule has 0 radical (unpaired) electrons. The van der Waals surface area contributed by atoms with Crippen LogP contribution in [0.15, 0.2) is 70.5 Å². The summed E-state index contributed by atoms with van der Waals surface area (Å²) in [6.45, 7) is 8.79. The van der Waals surface area contributed by atoms with Crippen molar-refractivity contribution in [1.82, 2.24) is 0 Å². The van der Waals surface area contributed by atoms with E-state index < -0.39 is 20.2 Å². The van der Waals surface area contributed by atoms with Gasteiger partial charge in [0.15, 0.2) is 0 Å². The van der Waals surface area contributed by atoms with E-state index in [2.05, 4.69) is 64.1 Å². The Morgan fingerprint density at radius 3 is 0.965 bits per heavy atom. The van der Waals surface area contributed by atoms with Crippen LogP contribution in [-0.2, 0) is 45.9 Å². The minimum absolute atomic E-state index is 0. The van der Waals surface area contributed by atoms with Crippen molar-refractivity contribution < 1.29 is 25.9 Å². The molecule has 0 saturated heterocycles. The van der Waals surface area contributed by atoms with Gasteiger partial charge in [0.05, 0.1) is 9.79 Å². The van der Waals surface area contributed by atoms with Crippen LogP contribution in [0.4, 0.5) is 0 Å². The smallest absolute Gasteiger partial charge is 0.744 e. The van der Waals surface area contributed by atoms with E-state index in [-0.39, 0.29) is 47.5 Å². The fraction of sp³-hybridized carbons (Fsp3) is 0.583. The van der Waals surface area contributed by atoms with Gasteiger partial charge >= 0.3 is 37.7 Å². The Morgan fingerprint density at radius 1 is 0.386 bits per heavy atom. The monoisotopic (exact) mass is 846 g/mol. The van der Waals surface area contributed by atoms with Gasteiger partial charge in [-0.05, 0) is 107 Å². The standard InChI is InChI=1S/2C24H36O3S.Ca/c2*1-3-5-7-9-11-13-20-15-16-21-17-18-24(28(25,26)27)22(23(21)19-20)14-12-10-8-6-4-2;/h2*15-19H,3-14H2,1-2H3,(H,25,26,27);/q;;+2/p-2. The molecule has 57 heavy (non-hydrogen) atoms. The van der Waals surface area contributed by atoms with Gasteiger partial charge in [0.25, 0.3) is 0 Å². The predicted octanol–water partition coefficient (Wildman–Crippen LogP) is 13.2. The van der Waals surface area contributed by atoms with Crippen molar-refractivity contribution in [1.29, 1.82) is 0 Å². The van der Waals surface area contributed by atoms with E-state index in [0.29, 0.717) is 12.8 Å². The number of rotatable bonds is 26. The molecule has 4 rings (SSSR count). The minimum atomic E-state index is -4.46. The average molecular weight is 847 g/mol. The molecule has 0 spiro atoms. The van der Waals surface area contributed by atoms with Crippen LogP contribution in [0, 0.1) is 0 Å². The molecular weight excluding hydrogens is 777 g/mol. The van der Waals surface area contributed by atoms with Crippen LogP contribution in [-0.4, -0.2) is 63.7 Å². The van der Waals surface area contributed by atoms with Crippen LogP contribution in [0.25, 0.3) is 21.5 Å². The molecular formula is C48H70CaO6S2. The zero-order chi connectivity index (χ0) is 40.8. The van der Waals surface area contributed by atoms with Crippen LogP contribution in [0.1, 0.15) is 178 Å². The molecule has 0 heterocycles. The van der Waals surface area contributed by atoms with Crippen LogP contribution in [0.3, 0.4) is 0 Å². The number of hydrogen-bond donors (Lipinski definition) is 0. The first-order valence-electron chi connectivity index (χ1n) is 21.9. The van der Waals surface area contributed by atoms with E-state index >= 15 is 0 Å². The zero-order valence-corrected chi connectivity index (χ0v) is 39.6. The summed E-state index contributed by atoms with van der Waals surface area (Å²) in [6.07, 6.45) is 26.7. The molecule has 0 atom stereocenters. The normalized spacial score (nSPS) is 11.8. The second kappa shape index (κ2) is 28.1. The molecule has 9 heteroatoms. The van der Waals surface area contributed by atoms with Crippen molar-refractivity contribution in [2.24, 2.45) is 0 Å². The van der Waals surface area contributed by atoms with Gasteiger partial charge in [-0.1, -0.05) is 179 Å². The Labute approximate surface area is 376 Å². The van der Waals surface area contributed by atoms with Crippen LogP contribution >= 0.6 is 0 Å². The molecule has 4 aromatic carbocycles. The summed E-state index contributed by atoms with van der Waals surface area (Å²) in [5.41, 5.74) is 3.90. The first-order chi connectivity index (χ1) is 26.9. The molecule has 0 fully saturated rings. The number of unbranched alkanes of at least 4 members (excludes halogenated alkanes) is 16. The van der Waals surface area contributed by atoms with E-state index in [1.807, 2.05) is 0 Å². The third kappa shape index (κ3) is 18.3. The second-order valence-electron chi connectivity index (χ2n) is 15.8. The van der Waals surface area contributed by atoms with Crippen LogP contribution in [0.5, 0.6) is 0 Å². The fourth-order valence-corrected chi connectivity index (χ4v) is 9.29. The molecule has 0 amide bonds. The molecule has 0 aromatic heterocycles. The van der Waals surface area contributed by atoms with Crippen molar-refractivity contribution in [2.45, 2.75) is 192 Å². The van der Waals surface area contributed by atoms with Gasteiger partial charge in [-0.3, -0.25) is 0 Å². The van der Waals surface area contributed by atoms with E-state index in [0.717, 1.165) is 96.9 Å². The predicted molar refractivity (Wildman–Crippen MR) is 239 cm³/mol. The van der Waals surface area contributed by atoms with E-state index in [4.69, 9.17) is 0 Å². The van der Waals surface area contributed by atoms with Crippen molar-refractivity contribution in [3.05, 3.63) is 82.9 Å². The Hall–Kier alpha value is -1.52. The third-order valence-corrected chi connectivity index (χ3v) is 12.9. The largest absolute Gasteiger partial charge is 2.00 e. The summed E-state index contributed by atoms with van der Waals surface area (Å²) < 4.78 is 71.0. The summed E-state index contributed by atoms with van der Waals surface area (Å²) in [6, 6.07) is 19.2. The molecule has 0 aliphatic heterocycles. The summed E-state index contributed by atoms with van der Waals surface area (Å²) in [7, 11) is -8.92. The Bertz CT molecular complexity index is 1830. The fourth-order valence-electron chi connectivity index (χ4n) is 7.79. The Balaban J connectivity index is 0.000000387. The molecule has 0 unspecified atom stereocenters. The maximum Gasteiger partial charge on any atom is 2.00 e. The maximum atomic E-state index is 11.8. The topological polar surface area (TPSA) is 114 Å². The quantitative estimate of drug-likeness (QED) is 0.0353. The molecule has 0 bridgehead atoms. The number of benzene rings is 4. The van der Waals surface area contributed by atoms with Crippen molar-refractivity contribution in [3.63, 3.8) is 0 Å². The molecule has 0 aliphatic rings. The molecule has 6 nitrogen and oxygen atoms in total. The average Bonchev–Trinajstić information content (AvgIpc) is 3.17. The minimum Gasteiger partial charge on any atom is -0.744 e. The van der Waals surface area contributed by atoms with Gasteiger partial charge in [0.2, 0.25) is 0 Å². The van der Waals surface area contributed by atoms with Crippen LogP contribution in [0.2, 0.25) is 0 Å². The van der Waals surface area contributed by atoms with Crippen molar-refractivity contribution in [3.8, 4) is 0 Å². The third-order valence-electron chi connectivity index (χ3n) is 11.0. The van der Waals surface area contributed by atoms with Gasteiger partial charge in [-0.2, -0.15) is 0 Å². The zero-order valence-electron chi connectivity index (χ0n) is 35.7. The summed E-state index contributed by atoms with van der Waals surface area (Å²) in [5, 5.41) is 3.92. The molecule has 312 valence electrons. The number of hydrogen-bond acceptors (Lipinski definition) is 6. The van der Waals surface area contributed by atoms with Crippen molar-refractivity contribution >= 4 is 79.5 Å². The van der Waals surface area contributed by atoms with E-state index in [1.165, 1.54) is 100 Å². The molecule has 4 aromatic rings. The van der Waals surface area contributed by atoms with Gasteiger partial charge in [0, 0.05) is 0 Å².